The predicted octanol–water partition coefficient (Wildman–Crippen LogP) is 10.0. The first-order chi connectivity index (χ1) is 19.9. The predicted molar refractivity (Wildman–Crippen MR) is 170 cm³/mol. The van der Waals surface area contributed by atoms with Crippen LogP contribution in [-0.2, 0) is 0 Å². The molecule has 4 heteroatoms. The first kappa shape index (κ1) is 21.0. The van der Waals surface area contributed by atoms with Crippen LogP contribution in [0.5, 0.6) is 0 Å². The summed E-state index contributed by atoms with van der Waals surface area (Å²) in [6, 6.07) is 35.2. The molecular formula is C36H21N2OS+. The van der Waals surface area contributed by atoms with E-state index in [0.29, 0.717) is 0 Å². The van der Waals surface area contributed by atoms with Gasteiger partial charge in [-0.3, -0.25) is 0 Å². The standard InChI is InChI=1S/C36H21N2OS/c1-5-17-31-21(9-1)23-19-20-28-33(35(23)39-31)25-12-8-15-29-34(25)38(28)27-14-4-3-13-26(27)37(29)30-16-7-11-24-22-10-2-6-18-32(22)40-36(24)30/h1-20,27H/q+1. The van der Waals surface area contributed by atoms with E-state index in [0.717, 1.165) is 16.6 Å². The number of allylic oxidation sites excluding steroid dienone is 4. The number of fused-ring (bicyclic) bond motifs is 12. The van der Waals surface area contributed by atoms with Gasteiger partial charge >= 0.3 is 0 Å². The number of rotatable bonds is 1. The van der Waals surface area contributed by atoms with Crippen LogP contribution in [0.3, 0.4) is 0 Å². The van der Waals surface area contributed by atoms with Crippen LogP contribution in [0.2, 0.25) is 0 Å². The van der Waals surface area contributed by atoms with E-state index >= 15 is 0 Å². The summed E-state index contributed by atoms with van der Waals surface area (Å²) in [7, 11) is 0. The van der Waals surface area contributed by atoms with Gasteiger partial charge in [0.05, 0.1) is 10.9 Å². The van der Waals surface area contributed by atoms with Crippen LogP contribution in [0.25, 0.3) is 63.9 Å². The van der Waals surface area contributed by atoms with Gasteiger partial charge in [0.1, 0.15) is 27.4 Å². The van der Waals surface area contributed by atoms with Crippen LogP contribution in [0.4, 0.5) is 11.4 Å². The lowest BCUT2D eigenvalue weighted by molar-refractivity contribution is 0.672. The molecule has 10 rings (SSSR count). The van der Waals surface area contributed by atoms with Crippen molar-refractivity contribution in [3.8, 4) is 0 Å². The Hall–Kier alpha value is -4.93. The molecule has 5 aromatic carbocycles. The van der Waals surface area contributed by atoms with E-state index in [1.165, 1.54) is 64.5 Å². The molecule has 3 nitrogen and oxygen atoms in total. The molecular weight excluding hydrogens is 508 g/mol. The molecule has 3 aromatic heterocycles. The van der Waals surface area contributed by atoms with Crippen LogP contribution in [0.1, 0.15) is 6.04 Å². The first-order valence-corrected chi connectivity index (χ1v) is 14.5. The topological polar surface area (TPSA) is 21.1 Å². The van der Waals surface area contributed by atoms with E-state index in [1.54, 1.807) is 0 Å². The Morgan fingerprint density at radius 3 is 2.42 bits per heavy atom. The maximum absolute atomic E-state index is 6.57. The summed E-state index contributed by atoms with van der Waals surface area (Å²) in [6.45, 7) is 0. The van der Waals surface area contributed by atoms with Crippen molar-refractivity contribution in [3.05, 3.63) is 121 Å². The second-order valence-corrected chi connectivity index (χ2v) is 11.7. The van der Waals surface area contributed by atoms with Crippen molar-refractivity contribution in [3.63, 3.8) is 0 Å². The molecule has 1 aliphatic heterocycles. The molecule has 1 aliphatic carbocycles. The molecule has 0 spiro atoms. The molecule has 0 amide bonds. The van der Waals surface area contributed by atoms with Gasteiger partial charge in [-0.15, -0.1) is 11.3 Å². The largest absolute Gasteiger partial charge is 0.455 e. The second-order valence-electron chi connectivity index (χ2n) is 10.7. The molecule has 0 N–H and O–H groups in total. The Balaban J connectivity index is 1.37. The fourth-order valence-corrected chi connectivity index (χ4v) is 8.28. The van der Waals surface area contributed by atoms with Crippen molar-refractivity contribution in [1.29, 1.82) is 0 Å². The minimum atomic E-state index is 0.0753. The third-order valence-electron chi connectivity index (χ3n) is 8.69. The van der Waals surface area contributed by atoms with E-state index in [-0.39, 0.29) is 6.04 Å². The molecule has 0 bridgehead atoms. The quantitative estimate of drug-likeness (QED) is 0.194. The van der Waals surface area contributed by atoms with Crippen LogP contribution >= 0.6 is 11.3 Å². The molecule has 1 unspecified atom stereocenters. The summed E-state index contributed by atoms with van der Waals surface area (Å²) in [4.78, 5) is 0. The summed E-state index contributed by atoms with van der Waals surface area (Å²) in [5, 5.41) is 7.39. The molecule has 2 aliphatic rings. The Labute approximate surface area is 232 Å². The number of hydrogen-bond donors (Lipinski definition) is 0. The monoisotopic (exact) mass is 529 g/mol. The minimum absolute atomic E-state index is 0.0753. The summed E-state index contributed by atoms with van der Waals surface area (Å²) in [5.41, 5.74) is 8.05. The van der Waals surface area contributed by atoms with Crippen molar-refractivity contribution in [2.24, 2.45) is 0 Å². The molecule has 0 saturated heterocycles. The van der Waals surface area contributed by atoms with Gasteiger partial charge in [-0.05, 0) is 24.3 Å². The average molecular weight is 530 g/mol. The molecule has 4 heterocycles. The average Bonchev–Trinajstić information content (AvgIpc) is 3.68. The van der Waals surface area contributed by atoms with E-state index in [1.807, 2.05) is 17.4 Å². The van der Waals surface area contributed by atoms with Gasteiger partial charge in [-0.1, -0.05) is 78.9 Å². The SMILES string of the molecule is C1=CC2=[N+](c3cccc4c3sc3ccccc34)c3cccc4c5c6oc7ccccc7c6ccc5n(c34)C2C=C1. The van der Waals surface area contributed by atoms with Crippen molar-refractivity contribution in [1.82, 2.24) is 9.14 Å². The Kier molecular flexibility index (Phi) is 3.87. The minimum Gasteiger partial charge on any atom is -0.455 e. The first-order valence-electron chi connectivity index (χ1n) is 13.7. The van der Waals surface area contributed by atoms with Crippen molar-refractivity contribution in [2.75, 3.05) is 0 Å². The number of aromatic nitrogens is 1. The number of furan rings is 1. The normalized spacial score (nSPS) is 16.4. The van der Waals surface area contributed by atoms with Gasteiger partial charge in [0.15, 0.2) is 0 Å². The molecule has 1 atom stereocenters. The Morgan fingerprint density at radius 1 is 0.675 bits per heavy atom. The molecule has 0 radical (unpaired) electrons. The van der Waals surface area contributed by atoms with Crippen LogP contribution in [0.15, 0.2) is 126 Å². The molecule has 8 aromatic rings. The number of hydrogen-bond acceptors (Lipinski definition) is 2. The van der Waals surface area contributed by atoms with Gasteiger partial charge in [-0.2, -0.15) is 4.58 Å². The van der Waals surface area contributed by atoms with Crippen LogP contribution in [0, 0.1) is 0 Å². The molecule has 40 heavy (non-hydrogen) atoms. The highest BCUT2D eigenvalue weighted by Crippen LogP contribution is 2.48. The highest BCUT2D eigenvalue weighted by atomic mass is 32.1. The highest BCUT2D eigenvalue weighted by Gasteiger charge is 2.38. The van der Waals surface area contributed by atoms with Crippen LogP contribution < -0.4 is 4.58 Å². The fraction of sp³-hybridized carbons (Fsp3) is 0.0278. The third-order valence-corrected chi connectivity index (χ3v) is 9.89. The summed E-state index contributed by atoms with van der Waals surface area (Å²) >= 11 is 1.88. The van der Waals surface area contributed by atoms with Crippen LogP contribution in [-0.4, -0.2) is 10.3 Å². The zero-order valence-electron chi connectivity index (χ0n) is 21.3. The number of para-hydroxylation sites is 2. The van der Waals surface area contributed by atoms with E-state index in [4.69, 9.17) is 4.42 Å². The zero-order chi connectivity index (χ0) is 25.9. The lowest BCUT2D eigenvalue weighted by Crippen LogP contribution is -2.30. The molecule has 186 valence electrons. The van der Waals surface area contributed by atoms with Gasteiger partial charge < -0.3 is 8.98 Å². The van der Waals surface area contributed by atoms with Gasteiger partial charge in [0, 0.05) is 49.8 Å². The third kappa shape index (κ3) is 2.48. The van der Waals surface area contributed by atoms with Crippen molar-refractivity contribution in [2.45, 2.75) is 6.04 Å². The number of thiophene rings is 1. The van der Waals surface area contributed by atoms with E-state index in [9.17, 15) is 0 Å². The van der Waals surface area contributed by atoms with Gasteiger partial charge in [0.2, 0.25) is 17.1 Å². The Bertz CT molecular complexity index is 2500. The zero-order valence-corrected chi connectivity index (χ0v) is 22.2. The van der Waals surface area contributed by atoms with E-state index < -0.39 is 0 Å². The summed E-state index contributed by atoms with van der Waals surface area (Å²) in [5.74, 6) is 0. The molecule has 0 fully saturated rings. The second kappa shape index (κ2) is 7.38. The lowest BCUT2D eigenvalue weighted by Gasteiger charge is -2.24. The maximum Gasteiger partial charge on any atom is 0.236 e. The fourth-order valence-electron chi connectivity index (χ4n) is 7.08. The van der Waals surface area contributed by atoms with Crippen molar-refractivity contribution < 1.29 is 4.42 Å². The Morgan fingerprint density at radius 2 is 1.48 bits per heavy atom. The summed E-state index contributed by atoms with van der Waals surface area (Å²) in [6.07, 6.45) is 8.95. The summed E-state index contributed by atoms with van der Waals surface area (Å²) < 4.78 is 14.2. The lowest BCUT2D eigenvalue weighted by atomic mass is 10.0. The molecule has 0 saturated carbocycles. The smallest absolute Gasteiger partial charge is 0.236 e. The van der Waals surface area contributed by atoms with Gasteiger partial charge in [0.25, 0.3) is 0 Å². The number of nitrogens with zero attached hydrogens (tertiary/aromatic N) is 2. The highest BCUT2D eigenvalue weighted by molar-refractivity contribution is 7.26. The van der Waals surface area contributed by atoms with Gasteiger partial charge in [-0.25, -0.2) is 0 Å². The maximum atomic E-state index is 6.57. The van der Waals surface area contributed by atoms with Crippen molar-refractivity contribution >= 4 is 92.3 Å². The number of benzene rings is 5. The van der Waals surface area contributed by atoms with E-state index in [2.05, 4.69) is 124 Å².